The average Bonchev–Trinajstić information content (AvgIpc) is 2.78. The van der Waals surface area contributed by atoms with Crippen LogP contribution in [0.15, 0.2) is 60.7 Å². The second-order valence-electron chi connectivity index (χ2n) is 7.86. The first-order valence-electron chi connectivity index (χ1n) is 10.5. The van der Waals surface area contributed by atoms with E-state index >= 15 is 0 Å². The number of benzene rings is 2. The van der Waals surface area contributed by atoms with Gasteiger partial charge in [0.1, 0.15) is 0 Å². The molecular weight excluding hydrogens is 414 g/mol. The lowest BCUT2D eigenvalue weighted by Crippen LogP contribution is -2.50. The Morgan fingerprint density at radius 2 is 1.68 bits per heavy atom. The van der Waals surface area contributed by atoms with E-state index in [-0.39, 0.29) is 30.8 Å². The van der Waals surface area contributed by atoms with Gasteiger partial charge >= 0.3 is 0 Å². The molecular formula is C23H29N3O4S. The van der Waals surface area contributed by atoms with Crippen LogP contribution in [0.2, 0.25) is 0 Å². The van der Waals surface area contributed by atoms with Crippen molar-refractivity contribution >= 4 is 21.8 Å². The van der Waals surface area contributed by atoms with Gasteiger partial charge in [-0.1, -0.05) is 48.5 Å². The molecule has 2 aromatic carbocycles. The SMILES string of the molecule is CS(=O)(=O)NCC1CCCCN1C(=O)CC(NC(=O)c1ccccc1)c1ccccc1. The van der Waals surface area contributed by atoms with Crippen LogP contribution >= 0.6 is 0 Å². The number of likely N-dealkylation sites (tertiary alicyclic amines) is 1. The quantitative estimate of drug-likeness (QED) is 0.655. The molecule has 2 amide bonds. The van der Waals surface area contributed by atoms with Gasteiger partial charge in [-0.25, -0.2) is 13.1 Å². The van der Waals surface area contributed by atoms with Crippen LogP contribution in [0, 0.1) is 0 Å². The molecule has 2 atom stereocenters. The number of carbonyl (C=O) groups excluding carboxylic acids is 2. The summed E-state index contributed by atoms with van der Waals surface area (Å²) in [5.74, 6) is -0.335. The van der Waals surface area contributed by atoms with Crippen molar-refractivity contribution in [2.45, 2.75) is 37.8 Å². The fourth-order valence-electron chi connectivity index (χ4n) is 3.85. The summed E-state index contributed by atoms with van der Waals surface area (Å²) in [5.41, 5.74) is 1.38. The van der Waals surface area contributed by atoms with E-state index in [2.05, 4.69) is 10.0 Å². The van der Waals surface area contributed by atoms with Crippen molar-refractivity contribution in [1.82, 2.24) is 14.9 Å². The summed E-state index contributed by atoms with van der Waals surface area (Å²) in [7, 11) is -3.33. The maximum absolute atomic E-state index is 13.2. The molecule has 3 rings (SSSR count). The van der Waals surface area contributed by atoms with E-state index in [1.165, 1.54) is 0 Å². The van der Waals surface area contributed by atoms with Crippen molar-refractivity contribution in [3.8, 4) is 0 Å². The van der Waals surface area contributed by atoms with Gasteiger partial charge in [0.05, 0.1) is 18.7 Å². The summed E-state index contributed by atoms with van der Waals surface area (Å²) in [6.07, 6.45) is 3.81. The number of sulfonamides is 1. The molecule has 0 aromatic heterocycles. The summed E-state index contributed by atoms with van der Waals surface area (Å²) in [5, 5.41) is 2.99. The van der Waals surface area contributed by atoms with Gasteiger partial charge in [0.15, 0.2) is 0 Å². The fraction of sp³-hybridized carbons (Fsp3) is 0.391. The van der Waals surface area contributed by atoms with E-state index in [9.17, 15) is 18.0 Å². The van der Waals surface area contributed by atoms with Gasteiger partial charge < -0.3 is 10.2 Å². The van der Waals surface area contributed by atoms with E-state index in [1.54, 1.807) is 29.2 Å². The second kappa shape index (κ2) is 10.5. The van der Waals surface area contributed by atoms with Crippen molar-refractivity contribution in [3.05, 3.63) is 71.8 Å². The van der Waals surface area contributed by atoms with E-state index in [0.29, 0.717) is 12.1 Å². The maximum Gasteiger partial charge on any atom is 0.251 e. The highest BCUT2D eigenvalue weighted by molar-refractivity contribution is 7.88. The van der Waals surface area contributed by atoms with E-state index in [4.69, 9.17) is 0 Å². The van der Waals surface area contributed by atoms with Crippen LogP contribution in [0.3, 0.4) is 0 Å². The molecule has 0 aliphatic carbocycles. The number of hydrogen-bond acceptors (Lipinski definition) is 4. The van der Waals surface area contributed by atoms with Gasteiger partial charge in [-0.05, 0) is 37.0 Å². The molecule has 1 aliphatic heterocycles. The molecule has 1 heterocycles. The summed E-state index contributed by atoms with van der Waals surface area (Å²) in [4.78, 5) is 27.7. The molecule has 0 saturated carbocycles. The predicted octanol–water partition coefficient (Wildman–Crippen LogP) is 2.48. The van der Waals surface area contributed by atoms with E-state index < -0.39 is 16.1 Å². The number of amides is 2. The molecule has 2 aromatic rings. The van der Waals surface area contributed by atoms with E-state index in [0.717, 1.165) is 31.1 Å². The highest BCUT2D eigenvalue weighted by Gasteiger charge is 2.29. The lowest BCUT2D eigenvalue weighted by atomic mass is 9.98. The number of nitrogens with one attached hydrogen (secondary N) is 2. The molecule has 2 N–H and O–H groups in total. The lowest BCUT2D eigenvalue weighted by Gasteiger charge is -2.36. The monoisotopic (exact) mass is 443 g/mol. The Labute approximate surface area is 183 Å². The van der Waals surface area contributed by atoms with Crippen LogP contribution in [-0.2, 0) is 14.8 Å². The molecule has 0 bridgehead atoms. The Kier molecular flexibility index (Phi) is 7.81. The Hall–Kier alpha value is -2.71. The minimum Gasteiger partial charge on any atom is -0.345 e. The van der Waals surface area contributed by atoms with Gasteiger partial charge in [0, 0.05) is 24.7 Å². The van der Waals surface area contributed by atoms with E-state index in [1.807, 2.05) is 36.4 Å². The number of piperidine rings is 1. The minimum absolute atomic E-state index is 0.0952. The van der Waals surface area contributed by atoms with Gasteiger partial charge in [-0.15, -0.1) is 0 Å². The summed E-state index contributed by atoms with van der Waals surface area (Å²) >= 11 is 0. The maximum atomic E-state index is 13.2. The van der Waals surface area contributed by atoms with Crippen LogP contribution in [0.5, 0.6) is 0 Å². The van der Waals surface area contributed by atoms with Crippen LogP contribution in [0.4, 0.5) is 0 Å². The zero-order valence-corrected chi connectivity index (χ0v) is 18.5. The molecule has 1 saturated heterocycles. The largest absolute Gasteiger partial charge is 0.345 e. The fourth-order valence-corrected chi connectivity index (χ4v) is 4.34. The van der Waals surface area contributed by atoms with Crippen LogP contribution in [-0.4, -0.2) is 50.5 Å². The normalized spacial score (nSPS) is 17.7. The molecule has 0 spiro atoms. The number of carbonyl (C=O) groups is 2. The molecule has 7 nitrogen and oxygen atoms in total. The lowest BCUT2D eigenvalue weighted by molar-refractivity contribution is -0.135. The minimum atomic E-state index is -3.33. The van der Waals surface area contributed by atoms with Crippen molar-refractivity contribution < 1.29 is 18.0 Å². The first-order valence-corrected chi connectivity index (χ1v) is 12.4. The predicted molar refractivity (Wildman–Crippen MR) is 120 cm³/mol. The molecule has 1 aliphatic rings. The van der Waals surface area contributed by atoms with Crippen molar-refractivity contribution in [2.24, 2.45) is 0 Å². The van der Waals surface area contributed by atoms with Crippen molar-refractivity contribution in [2.75, 3.05) is 19.3 Å². The Morgan fingerprint density at radius 3 is 2.32 bits per heavy atom. The van der Waals surface area contributed by atoms with Gasteiger partial charge in [-0.2, -0.15) is 0 Å². The highest BCUT2D eigenvalue weighted by atomic mass is 32.2. The second-order valence-corrected chi connectivity index (χ2v) is 9.70. The third-order valence-electron chi connectivity index (χ3n) is 5.45. The molecule has 1 fully saturated rings. The first-order chi connectivity index (χ1) is 14.8. The average molecular weight is 444 g/mol. The first kappa shape index (κ1) is 23.0. The van der Waals surface area contributed by atoms with Gasteiger partial charge in [-0.3, -0.25) is 9.59 Å². The Morgan fingerprint density at radius 1 is 1.03 bits per heavy atom. The standard InChI is InChI=1S/C23H29N3O4S/c1-31(29,30)24-17-20-14-8-9-15-26(20)22(27)16-21(18-10-4-2-5-11-18)25-23(28)19-12-6-3-7-13-19/h2-7,10-13,20-21,24H,8-9,14-17H2,1H3,(H,25,28). The molecule has 166 valence electrons. The highest BCUT2D eigenvalue weighted by Crippen LogP contribution is 2.23. The molecule has 0 radical (unpaired) electrons. The summed E-state index contributed by atoms with van der Waals surface area (Å²) in [6.45, 7) is 0.792. The summed E-state index contributed by atoms with van der Waals surface area (Å²) in [6, 6.07) is 17.7. The number of hydrogen-bond donors (Lipinski definition) is 2. The Bertz CT molecular complexity index is 980. The third-order valence-corrected chi connectivity index (χ3v) is 6.14. The third kappa shape index (κ3) is 6.90. The molecule has 31 heavy (non-hydrogen) atoms. The number of rotatable bonds is 8. The molecule has 2 unspecified atom stereocenters. The van der Waals surface area contributed by atoms with Gasteiger partial charge in [0.25, 0.3) is 5.91 Å². The summed E-state index contributed by atoms with van der Waals surface area (Å²) < 4.78 is 25.5. The topological polar surface area (TPSA) is 95.6 Å². The molecule has 8 heteroatoms. The Balaban J connectivity index is 1.74. The smallest absolute Gasteiger partial charge is 0.251 e. The zero-order chi connectivity index (χ0) is 22.3. The van der Waals surface area contributed by atoms with Crippen molar-refractivity contribution in [1.29, 1.82) is 0 Å². The van der Waals surface area contributed by atoms with Crippen molar-refractivity contribution in [3.63, 3.8) is 0 Å². The van der Waals surface area contributed by atoms with Gasteiger partial charge in [0.2, 0.25) is 15.9 Å². The van der Waals surface area contributed by atoms with Crippen LogP contribution < -0.4 is 10.0 Å². The van der Waals surface area contributed by atoms with Crippen LogP contribution in [0.1, 0.15) is 47.6 Å². The number of nitrogens with zero attached hydrogens (tertiary/aromatic N) is 1. The zero-order valence-electron chi connectivity index (χ0n) is 17.7. The van der Waals surface area contributed by atoms with Crippen LogP contribution in [0.25, 0.3) is 0 Å².